The van der Waals surface area contributed by atoms with Crippen molar-refractivity contribution in [3.8, 4) is 0 Å². The molecule has 0 spiro atoms. The minimum Gasteiger partial charge on any atom is -0.464 e. The number of ether oxygens (including phenoxy) is 1. The molecule has 0 aromatic rings. The van der Waals surface area contributed by atoms with Crippen LogP contribution in [-0.2, 0) is 23.9 Å². The summed E-state index contributed by atoms with van der Waals surface area (Å²) in [7, 11) is 0. The lowest BCUT2D eigenvalue weighted by Gasteiger charge is -2.26. The number of likely N-dealkylation sites (tertiary alicyclic amines) is 1. The minimum atomic E-state index is -1.06. The average Bonchev–Trinajstić information content (AvgIpc) is 3.56. The van der Waals surface area contributed by atoms with Gasteiger partial charge in [-0.2, -0.15) is 0 Å². The predicted octanol–water partition coefficient (Wildman–Crippen LogP) is 0.518. The summed E-state index contributed by atoms with van der Waals surface area (Å²) in [6.07, 6.45) is 5.95. The Morgan fingerprint density at radius 2 is 2.00 bits per heavy atom. The van der Waals surface area contributed by atoms with Gasteiger partial charge in [-0.05, 0) is 44.9 Å². The van der Waals surface area contributed by atoms with Crippen molar-refractivity contribution in [2.24, 2.45) is 11.8 Å². The van der Waals surface area contributed by atoms with Crippen LogP contribution in [0, 0.1) is 11.8 Å². The molecule has 3 atom stereocenters. The van der Waals surface area contributed by atoms with Gasteiger partial charge < -0.3 is 20.3 Å². The Labute approximate surface area is 165 Å². The summed E-state index contributed by atoms with van der Waals surface area (Å²) in [6, 6.07) is -0.634. The molecule has 0 bridgehead atoms. The van der Waals surface area contributed by atoms with Gasteiger partial charge in [0.15, 0.2) is 0 Å². The van der Waals surface area contributed by atoms with Gasteiger partial charge in [0.2, 0.25) is 17.7 Å². The Balaban J connectivity index is 1.56. The molecule has 3 amide bonds. The number of rotatable bonds is 9. The minimum absolute atomic E-state index is 0.104. The lowest BCUT2D eigenvalue weighted by Crippen LogP contribution is -2.54. The quantitative estimate of drug-likeness (QED) is 0.440. The fourth-order valence-electron chi connectivity index (χ4n) is 3.83. The Morgan fingerprint density at radius 3 is 2.61 bits per heavy atom. The zero-order valence-corrected chi connectivity index (χ0v) is 16.4. The third kappa shape index (κ3) is 4.36. The summed E-state index contributed by atoms with van der Waals surface area (Å²) in [5, 5.41) is 5.47. The lowest BCUT2D eigenvalue weighted by atomic mass is 10.1. The zero-order valence-electron chi connectivity index (χ0n) is 16.4. The number of hydrogen-bond acceptors (Lipinski definition) is 5. The summed E-state index contributed by atoms with van der Waals surface area (Å²) in [4.78, 5) is 51.0. The molecule has 3 rings (SSSR count). The second-order valence-electron chi connectivity index (χ2n) is 7.90. The van der Waals surface area contributed by atoms with Crippen molar-refractivity contribution in [3.05, 3.63) is 12.7 Å². The highest BCUT2D eigenvalue weighted by Gasteiger charge is 2.61. The van der Waals surface area contributed by atoms with Gasteiger partial charge in [-0.3, -0.25) is 14.4 Å². The van der Waals surface area contributed by atoms with E-state index < -0.39 is 17.6 Å². The third-order valence-electron chi connectivity index (χ3n) is 5.77. The molecule has 8 nitrogen and oxygen atoms in total. The fourth-order valence-corrected chi connectivity index (χ4v) is 3.83. The van der Waals surface area contributed by atoms with Crippen LogP contribution in [0.1, 0.15) is 45.4 Å². The van der Waals surface area contributed by atoms with Crippen LogP contribution in [-0.4, -0.2) is 59.9 Å². The number of esters is 1. The van der Waals surface area contributed by atoms with E-state index in [4.69, 9.17) is 4.74 Å². The lowest BCUT2D eigenvalue weighted by molar-refractivity contribution is -0.150. The van der Waals surface area contributed by atoms with Gasteiger partial charge in [-0.15, -0.1) is 6.58 Å². The molecule has 3 fully saturated rings. The van der Waals surface area contributed by atoms with Crippen LogP contribution in [0.15, 0.2) is 12.7 Å². The van der Waals surface area contributed by atoms with Crippen molar-refractivity contribution >= 4 is 23.7 Å². The van der Waals surface area contributed by atoms with Crippen LogP contribution in [0.3, 0.4) is 0 Å². The first kappa shape index (κ1) is 20.4. The number of nitrogens with one attached hydrogen (secondary N) is 2. The van der Waals surface area contributed by atoms with Gasteiger partial charge in [-0.1, -0.05) is 6.08 Å². The van der Waals surface area contributed by atoms with E-state index in [1.807, 2.05) is 0 Å². The van der Waals surface area contributed by atoms with Crippen LogP contribution in [0.4, 0.5) is 0 Å². The molecule has 2 aliphatic carbocycles. The van der Waals surface area contributed by atoms with Crippen molar-refractivity contribution in [1.29, 1.82) is 0 Å². The summed E-state index contributed by atoms with van der Waals surface area (Å²) in [5.74, 6) is -0.921. The molecular weight excluding hydrogens is 362 g/mol. The zero-order chi connectivity index (χ0) is 20.3. The normalized spacial score (nSPS) is 28.4. The van der Waals surface area contributed by atoms with E-state index in [0.717, 1.165) is 12.8 Å². The van der Waals surface area contributed by atoms with E-state index in [2.05, 4.69) is 17.2 Å². The molecule has 1 heterocycles. The van der Waals surface area contributed by atoms with E-state index in [9.17, 15) is 19.2 Å². The standard InChI is InChI=1S/C20H29N3O5/c1-3-14-11-20(14,19(27)28-4-2)22-18(26)15-6-5-9-23(15)17(25)12-21-16(24)10-13-7-8-13/h3,13-15H,1,4-12H2,2H3,(H,21,24)(H,22,26)/t14?,15-,20?/m0/s1. The topological polar surface area (TPSA) is 105 Å². The smallest absolute Gasteiger partial charge is 0.332 e. The van der Waals surface area contributed by atoms with Crippen LogP contribution in [0.25, 0.3) is 0 Å². The van der Waals surface area contributed by atoms with E-state index in [1.165, 1.54) is 4.90 Å². The maximum Gasteiger partial charge on any atom is 0.332 e. The SMILES string of the molecule is C=CC1CC1(NC(=O)[C@@H]1CCCN1C(=O)CNC(=O)CC1CC1)C(=O)OCC. The molecule has 0 radical (unpaired) electrons. The van der Waals surface area contributed by atoms with Gasteiger partial charge in [0.25, 0.3) is 0 Å². The highest BCUT2D eigenvalue weighted by Crippen LogP contribution is 2.45. The first-order chi connectivity index (χ1) is 13.4. The van der Waals surface area contributed by atoms with Crippen LogP contribution < -0.4 is 10.6 Å². The molecular formula is C20H29N3O5. The summed E-state index contributed by atoms with van der Waals surface area (Å²) < 4.78 is 5.11. The summed E-state index contributed by atoms with van der Waals surface area (Å²) in [5.41, 5.74) is -1.06. The Morgan fingerprint density at radius 1 is 1.25 bits per heavy atom. The third-order valence-corrected chi connectivity index (χ3v) is 5.77. The summed E-state index contributed by atoms with van der Waals surface area (Å²) in [6.45, 7) is 6.02. The number of carbonyl (C=O) groups is 4. The van der Waals surface area contributed by atoms with Crippen LogP contribution >= 0.6 is 0 Å². The van der Waals surface area contributed by atoms with E-state index in [-0.39, 0.29) is 36.8 Å². The van der Waals surface area contributed by atoms with Crippen LogP contribution in [0.2, 0.25) is 0 Å². The van der Waals surface area contributed by atoms with Gasteiger partial charge in [-0.25, -0.2) is 4.79 Å². The molecule has 8 heteroatoms. The number of nitrogens with zero attached hydrogens (tertiary/aromatic N) is 1. The molecule has 2 N–H and O–H groups in total. The van der Waals surface area contributed by atoms with Gasteiger partial charge >= 0.3 is 5.97 Å². The fraction of sp³-hybridized carbons (Fsp3) is 0.700. The highest BCUT2D eigenvalue weighted by atomic mass is 16.5. The molecule has 0 aromatic carbocycles. The maximum absolute atomic E-state index is 12.8. The molecule has 28 heavy (non-hydrogen) atoms. The predicted molar refractivity (Wildman–Crippen MR) is 101 cm³/mol. The molecule has 3 aliphatic rings. The average molecular weight is 391 g/mol. The molecule has 1 aliphatic heterocycles. The molecule has 154 valence electrons. The van der Waals surface area contributed by atoms with Crippen molar-refractivity contribution < 1.29 is 23.9 Å². The maximum atomic E-state index is 12.8. The second kappa shape index (κ2) is 8.32. The van der Waals surface area contributed by atoms with Gasteiger partial charge in [0, 0.05) is 18.9 Å². The second-order valence-corrected chi connectivity index (χ2v) is 7.90. The Kier molecular flexibility index (Phi) is 6.05. The first-order valence-electron chi connectivity index (χ1n) is 10.1. The van der Waals surface area contributed by atoms with E-state index in [1.54, 1.807) is 13.0 Å². The Hall–Kier alpha value is -2.38. The van der Waals surface area contributed by atoms with E-state index >= 15 is 0 Å². The summed E-state index contributed by atoms with van der Waals surface area (Å²) >= 11 is 0. The molecule has 1 saturated heterocycles. The Bertz CT molecular complexity index is 675. The number of carbonyl (C=O) groups excluding carboxylic acids is 4. The molecule has 0 aromatic heterocycles. The van der Waals surface area contributed by atoms with Crippen molar-refractivity contribution in [3.63, 3.8) is 0 Å². The number of hydrogen-bond donors (Lipinski definition) is 2. The van der Waals surface area contributed by atoms with Crippen molar-refractivity contribution in [2.45, 2.75) is 57.0 Å². The van der Waals surface area contributed by atoms with Crippen molar-refractivity contribution in [2.75, 3.05) is 19.7 Å². The first-order valence-corrected chi connectivity index (χ1v) is 10.1. The van der Waals surface area contributed by atoms with Crippen LogP contribution in [0.5, 0.6) is 0 Å². The monoisotopic (exact) mass is 391 g/mol. The largest absolute Gasteiger partial charge is 0.464 e. The highest BCUT2D eigenvalue weighted by molar-refractivity contribution is 5.96. The number of amides is 3. The van der Waals surface area contributed by atoms with Gasteiger partial charge in [0.1, 0.15) is 11.6 Å². The van der Waals surface area contributed by atoms with E-state index in [0.29, 0.717) is 38.1 Å². The van der Waals surface area contributed by atoms with Gasteiger partial charge in [0.05, 0.1) is 13.2 Å². The molecule has 2 saturated carbocycles. The molecule has 2 unspecified atom stereocenters. The van der Waals surface area contributed by atoms with Crippen molar-refractivity contribution in [1.82, 2.24) is 15.5 Å².